The fraction of sp³-hybridized carbons (Fsp3) is 0.692. The fourth-order valence-corrected chi connectivity index (χ4v) is 1.92. The molecule has 0 aromatic heterocycles. The minimum absolute atomic E-state index is 0.129. The molecule has 1 aliphatic rings. The normalized spacial score (nSPS) is 21.2. The van der Waals surface area contributed by atoms with Crippen LogP contribution in [0.15, 0.2) is 0 Å². The Hall–Kier alpha value is -1.74. The molecule has 0 aromatic rings. The van der Waals surface area contributed by atoms with Crippen molar-refractivity contribution in [3.05, 3.63) is 0 Å². The van der Waals surface area contributed by atoms with Crippen LogP contribution in [0.4, 0.5) is 4.79 Å². The summed E-state index contributed by atoms with van der Waals surface area (Å²) in [5.74, 6) is 0.946. The van der Waals surface area contributed by atoms with E-state index in [9.17, 15) is 9.59 Å². The summed E-state index contributed by atoms with van der Waals surface area (Å²) < 4.78 is 5.44. The third-order valence-electron chi connectivity index (χ3n) is 3.11. The Morgan fingerprint density at radius 3 is 2.79 bits per heavy atom. The van der Waals surface area contributed by atoms with Gasteiger partial charge in [0.15, 0.2) is 0 Å². The highest BCUT2D eigenvalue weighted by Gasteiger charge is 2.27. The molecule has 6 heteroatoms. The second kappa shape index (κ2) is 7.00. The summed E-state index contributed by atoms with van der Waals surface area (Å²) in [5, 5.41) is 11.5. The van der Waals surface area contributed by atoms with Crippen LogP contribution in [0.1, 0.15) is 19.8 Å². The molecule has 0 aromatic carbocycles. The number of carbonyl (C=O) groups excluding carboxylic acids is 1. The van der Waals surface area contributed by atoms with E-state index in [0.717, 1.165) is 12.8 Å². The van der Waals surface area contributed by atoms with E-state index in [2.05, 4.69) is 11.2 Å². The maximum Gasteiger partial charge on any atom is 0.318 e. The number of hydrogen-bond acceptors (Lipinski definition) is 3. The highest BCUT2D eigenvalue weighted by Crippen LogP contribution is 2.15. The molecule has 1 fully saturated rings. The zero-order valence-electron chi connectivity index (χ0n) is 11.3. The molecule has 3 unspecified atom stereocenters. The number of ether oxygens (including phenoxy) is 1. The van der Waals surface area contributed by atoms with E-state index in [4.69, 9.17) is 16.3 Å². The molecule has 0 radical (unpaired) electrons. The van der Waals surface area contributed by atoms with Crippen LogP contribution < -0.4 is 5.32 Å². The van der Waals surface area contributed by atoms with Gasteiger partial charge in [0.25, 0.3) is 0 Å². The summed E-state index contributed by atoms with van der Waals surface area (Å²) in [7, 11) is 1.54. The van der Waals surface area contributed by atoms with Crippen LogP contribution in [0.25, 0.3) is 0 Å². The maximum atomic E-state index is 11.9. The van der Waals surface area contributed by atoms with Crippen molar-refractivity contribution in [3.8, 4) is 12.3 Å². The lowest BCUT2D eigenvalue weighted by Crippen LogP contribution is -2.48. The second-order valence-electron chi connectivity index (χ2n) is 4.77. The first kappa shape index (κ1) is 15.3. The van der Waals surface area contributed by atoms with Gasteiger partial charge in [-0.25, -0.2) is 4.79 Å². The Kier molecular flexibility index (Phi) is 5.64. The number of nitrogens with zero attached hydrogens (tertiary/aromatic N) is 1. The third-order valence-corrected chi connectivity index (χ3v) is 3.11. The van der Waals surface area contributed by atoms with E-state index in [0.29, 0.717) is 6.61 Å². The van der Waals surface area contributed by atoms with Crippen LogP contribution in [-0.4, -0.2) is 54.4 Å². The zero-order valence-corrected chi connectivity index (χ0v) is 11.3. The lowest BCUT2D eigenvalue weighted by molar-refractivity contribution is -0.141. The van der Waals surface area contributed by atoms with Crippen molar-refractivity contribution in [2.45, 2.75) is 31.9 Å². The fourth-order valence-electron chi connectivity index (χ4n) is 1.92. The monoisotopic (exact) mass is 268 g/mol. The maximum absolute atomic E-state index is 11.9. The molecule has 19 heavy (non-hydrogen) atoms. The molecule has 2 N–H and O–H groups in total. The van der Waals surface area contributed by atoms with Gasteiger partial charge in [0, 0.05) is 20.2 Å². The lowest BCUT2D eigenvalue weighted by Gasteiger charge is -2.24. The lowest BCUT2D eigenvalue weighted by atomic mass is 10.1. The summed E-state index contributed by atoms with van der Waals surface area (Å²) in [6.07, 6.45) is 7.00. The Balaban J connectivity index is 2.48. The summed E-state index contributed by atoms with van der Waals surface area (Å²) in [6.45, 7) is 2.33. The quantitative estimate of drug-likeness (QED) is 0.713. The van der Waals surface area contributed by atoms with E-state index >= 15 is 0 Å². The molecule has 6 nitrogen and oxygen atoms in total. The Bertz CT molecular complexity index is 371. The Morgan fingerprint density at radius 2 is 2.32 bits per heavy atom. The summed E-state index contributed by atoms with van der Waals surface area (Å²) in [5.41, 5.74) is 0. The van der Waals surface area contributed by atoms with Gasteiger partial charge in [0.1, 0.15) is 6.04 Å². The summed E-state index contributed by atoms with van der Waals surface area (Å²) >= 11 is 0. The van der Waals surface area contributed by atoms with Gasteiger partial charge >= 0.3 is 12.0 Å². The van der Waals surface area contributed by atoms with E-state index in [-0.39, 0.29) is 18.7 Å². The van der Waals surface area contributed by atoms with Crippen LogP contribution in [0.5, 0.6) is 0 Å². The van der Waals surface area contributed by atoms with Crippen molar-refractivity contribution < 1.29 is 19.4 Å². The smallest absolute Gasteiger partial charge is 0.318 e. The Labute approximate surface area is 113 Å². The molecule has 0 saturated carbocycles. The number of nitrogens with one attached hydrogen (secondary N) is 1. The van der Waals surface area contributed by atoms with Crippen LogP contribution >= 0.6 is 0 Å². The van der Waals surface area contributed by atoms with Gasteiger partial charge in [-0.05, 0) is 12.8 Å². The minimum atomic E-state index is -0.938. The number of amides is 2. The van der Waals surface area contributed by atoms with Crippen LogP contribution in [-0.2, 0) is 9.53 Å². The van der Waals surface area contributed by atoms with Gasteiger partial charge in [0.2, 0.25) is 0 Å². The molecule has 106 valence electrons. The number of rotatable bonds is 5. The van der Waals surface area contributed by atoms with Gasteiger partial charge < -0.3 is 20.1 Å². The predicted octanol–water partition coefficient (Wildman–Crippen LogP) is 0.529. The third kappa shape index (κ3) is 4.45. The molecule has 3 atom stereocenters. The zero-order chi connectivity index (χ0) is 14.4. The minimum Gasteiger partial charge on any atom is -0.481 e. The number of carboxylic acid groups (broad SMARTS) is 1. The van der Waals surface area contributed by atoms with Crippen molar-refractivity contribution in [2.75, 3.05) is 20.2 Å². The number of urea groups is 1. The van der Waals surface area contributed by atoms with Crippen LogP contribution in [0, 0.1) is 18.3 Å². The summed E-state index contributed by atoms with van der Waals surface area (Å²) in [6, 6.07) is -0.857. The number of terminal acetylenes is 1. The number of carboxylic acids is 1. The van der Waals surface area contributed by atoms with Crippen molar-refractivity contribution in [1.29, 1.82) is 0 Å². The van der Waals surface area contributed by atoms with E-state index in [1.54, 1.807) is 6.92 Å². The molecule has 1 heterocycles. The first-order valence-electron chi connectivity index (χ1n) is 6.28. The number of aliphatic carboxylic acids is 1. The van der Waals surface area contributed by atoms with E-state index < -0.39 is 17.9 Å². The standard InChI is InChI=1S/C13H20N2O4/c1-4-10(11-6-5-7-19-11)14-13(18)15(3)8-9(2)12(16)17/h1,9-11H,5-8H2,2-3H3,(H,14,18)(H,16,17). The van der Waals surface area contributed by atoms with E-state index in [1.807, 2.05) is 0 Å². The topological polar surface area (TPSA) is 78.9 Å². The first-order chi connectivity index (χ1) is 8.95. The van der Waals surface area contributed by atoms with Crippen molar-refractivity contribution in [1.82, 2.24) is 10.2 Å². The Morgan fingerprint density at radius 1 is 1.63 bits per heavy atom. The van der Waals surface area contributed by atoms with Crippen molar-refractivity contribution in [2.24, 2.45) is 5.92 Å². The molecular formula is C13H20N2O4. The van der Waals surface area contributed by atoms with Gasteiger partial charge in [-0.2, -0.15) is 0 Å². The summed E-state index contributed by atoms with van der Waals surface area (Å²) in [4.78, 5) is 23.9. The predicted molar refractivity (Wildman–Crippen MR) is 69.6 cm³/mol. The SMILES string of the molecule is C#CC(NC(=O)N(C)CC(C)C(=O)O)C1CCCO1. The molecule has 0 spiro atoms. The molecule has 2 amide bonds. The van der Waals surface area contributed by atoms with Crippen LogP contribution in [0.3, 0.4) is 0 Å². The highest BCUT2D eigenvalue weighted by molar-refractivity contribution is 5.76. The number of carbonyl (C=O) groups is 2. The molecular weight excluding hydrogens is 248 g/mol. The largest absolute Gasteiger partial charge is 0.481 e. The van der Waals surface area contributed by atoms with Crippen molar-refractivity contribution >= 4 is 12.0 Å². The first-order valence-corrected chi connectivity index (χ1v) is 6.28. The molecule has 1 rings (SSSR count). The van der Waals surface area contributed by atoms with Gasteiger partial charge in [-0.1, -0.05) is 12.8 Å². The van der Waals surface area contributed by atoms with Crippen LogP contribution in [0.2, 0.25) is 0 Å². The van der Waals surface area contributed by atoms with Gasteiger partial charge in [-0.15, -0.1) is 6.42 Å². The van der Waals surface area contributed by atoms with Gasteiger partial charge in [0.05, 0.1) is 12.0 Å². The average Bonchev–Trinajstić information content (AvgIpc) is 2.88. The van der Waals surface area contributed by atoms with Gasteiger partial charge in [-0.3, -0.25) is 4.79 Å². The average molecular weight is 268 g/mol. The number of hydrogen-bond donors (Lipinski definition) is 2. The van der Waals surface area contributed by atoms with Crippen molar-refractivity contribution in [3.63, 3.8) is 0 Å². The molecule has 0 bridgehead atoms. The van der Waals surface area contributed by atoms with E-state index in [1.165, 1.54) is 11.9 Å². The molecule has 0 aliphatic carbocycles. The second-order valence-corrected chi connectivity index (χ2v) is 4.77. The molecule has 1 saturated heterocycles. The highest BCUT2D eigenvalue weighted by atomic mass is 16.5. The molecule has 1 aliphatic heterocycles.